The third-order valence-corrected chi connectivity index (χ3v) is 3.65. The Bertz CT molecular complexity index is 258. The van der Waals surface area contributed by atoms with Crippen LogP contribution in [0.3, 0.4) is 0 Å². The zero-order valence-electron chi connectivity index (χ0n) is 7.16. The molecular weight excluding hydrogens is 204 g/mol. The minimum atomic E-state index is 0.711. The van der Waals surface area contributed by atoms with Crippen molar-refractivity contribution in [2.45, 2.75) is 15.5 Å². The molecule has 0 fully saturated rings. The summed E-state index contributed by atoms with van der Waals surface area (Å²) in [5.74, 6) is 0.711. The Morgan fingerprint density at radius 3 is 2.33 bits per heavy atom. The van der Waals surface area contributed by atoms with E-state index in [4.69, 9.17) is 12.6 Å². The van der Waals surface area contributed by atoms with Crippen molar-refractivity contribution in [2.24, 2.45) is 0 Å². The van der Waals surface area contributed by atoms with Crippen LogP contribution in [0, 0.1) is 0 Å². The van der Waals surface area contributed by atoms with Gasteiger partial charge >= 0.3 is 0 Å². The van der Waals surface area contributed by atoms with Gasteiger partial charge in [-0.15, -0.1) is 23.5 Å². The zero-order chi connectivity index (χ0) is 8.97. The first-order chi connectivity index (χ1) is 5.81. The molecule has 1 aromatic carbocycles. The van der Waals surface area contributed by atoms with Gasteiger partial charge in [-0.25, -0.2) is 0 Å². The number of rotatable bonds is 3. The molecule has 0 bridgehead atoms. The molecule has 0 aliphatic rings. The van der Waals surface area contributed by atoms with Crippen LogP contribution >= 0.6 is 36.2 Å². The molecule has 3 heteroatoms. The molecule has 0 atom stereocenters. The first-order valence-electron chi connectivity index (χ1n) is 3.61. The molecule has 0 saturated carbocycles. The molecular formula is C9H11S3. The smallest absolute Gasteiger partial charge is 0.0289 e. The topological polar surface area (TPSA) is 0 Å². The molecule has 0 aromatic heterocycles. The van der Waals surface area contributed by atoms with Crippen LogP contribution in [0.5, 0.6) is 0 Å². The maximum absolute atomic E-state index is 4.99. The highest BCUT2D eigenvalue weighted by atomic mass is 32.2. The highest BCUT2D eigenvalue weighted by Gasteiger charge is 2.00. The van der Waals surface area contributed by atoms with Gasteiger partial charge in [0, 0.05) is 15.5 Å². The summed E-state index contributed by atoms with van der Waals surface area (Å²) in [5.41, 5.74) is 1.24. The lowest BCUT2D eigenvalue weighted by Gasteiger charge is -2.05. The second kappa shape index (κ2) is 5.10. The summed E-state index contributed by atoms with van der Waals surface area (Å²) in [5, 5.41) is 0. The number of hydrogen-bond acceptors (Lipinski definition) is 2. The summed E-state index contributed by atoms with van der Waals surface area (Å²) >= 11 is 8.56. The Balaban J connectivity index is 3.02. The quantitative estimate of drug-likeness (QED) is 0.703. The Morgan fingerprint density at radius 1 is 1.17 bits per heavy atom. The van der Waals surface area contributed by atoms with Crippen LogP contribution in [0.15, 0.2) is 28.0 Å². The fraction of sp³-hybridized carbons (Fsp3) is 0.333. The van der Waals surface area contributed by atoms with Crippen molar-refractivity contribution in [3.63, 3.8) is 0 Å². The van der Waals surface area contributed by atoms with Crippen LogP contribution in [0.25, 0.3) is 0 Å². The summed E-state index contributed by atoms with van der Waals surface area (Å²) in [6.45, 7) is 0. The predicted molar refractivity (Wildman–Crippen MR) is 61.3 cm³/mol. The van der Waals surface area contributed by atoms with Crippen molar-refractivity contribution in [2.75, 3.05) is 12.5 Å². The maximum atomic E-state index is 4.99. The third-order valence-electron chi connectivity index (χ3n) is 1.61. The molecule has 0 N–H and O–H groups in total. The van der Waals surface area contributed by atoms with E-state index in [0.717, 1.165) is 0 Å². The fourth-order valence-corrected chi connectivity index (χ4v) is 2.65. The van der Waals surface area contributed by atoms with Crippen LogP contribution in [-0.2, 0) is 5.75 Å². The van der Waals surface area contributed by atoms with Crippen molar-refractivity contribution < 1.29 is 0 Å². The van der Waals surface area contributed by atoms with Gasteiger partial charge in [-0.05, 0) is 30.2 Å². The minimum absolute atomic E-state index is 0.711. The average Bonchev–Trinajstić information content (AvgIpc) is 2.16. The van der Waals surface area contributed by atoms with E-state index >= 15 is 0 Å². The molecule has 0 heterocycles. The van der Waals surface area contributed by atoms with E-state index in [1.54, 1.807) is 23.5 Å². The highest BCUT2D eigenvalue weighted by molar-refractivity contribution is 8.01. The lowest BCUT2D eigenvalue weighted by Crippen LogP contribution is -1.81. The molecule has 12 heavy (non-hydrogen) atoms. The van der Waals surface area contributed by atoms with E-state index in [2.05, 4.69) is 30.7 Å². The molecule has 0 spiro atoms. The maximum Gasteiger partial charge on any atom is 0.0289 e. The van der Waals surface area contributed by atoms with Crippen molar-refractivity contribution in [1.82, 2.24) is 0 Å². The van der Waals surface area contributed by atoms with E-state index in [9.17, 15) is 0 Å². The molecule has 1 rings (SSSR count). The van der Waals surface area contributed by atoms with Gasteiger partial charge in [-0.2, -0.15) is 0 Å². The summed E-state index contributed by atoms with van der Waals surface area (Å²) < 4.78 is 0. The molecule has 0 unspecified atom stereocenters. The van der Waals surface area contributed by atoms with Crippen molar-refractivity contribution in [3.05, 3.63) is 23.8 Å². The van der Waals surface area contributed by atoms with Crippen LogP contribution in [-0.4, -0.2) is 12.5 Å². The van der Waals surface area contributed by atoms with Gasteiger partial charge in [-0.1, -0.05) is 18.7 Å². The van der Waals surface area contributed by atoms with Crippen molar-refractivity contribution in [3.8, 4) is 0 Å². The third kappa shape index (κ3) is 2.38. The normalized spacial score (nSPS) is 10.2. The van der Waals surface area contributed by atoms with E-state index in [-0.39, 0.29) is 0 Å². The second-order valence-electron chi connectivity index (χ2n) is 2.33. The lowest BCUT2D eigenvalue weighted by atomic mass is 10.2. The molecule has 1 aromatic rings. The molecule has 0 amide bonds. The molecule has 0 saturated heterocycles. The minimum Gasteiger partial charge on any atom is -0.128 e. The van der Waals surface area contributed by atoms with Gasteiger partial charge in [0.1, 0.15) is 0 Å². The summed E-state index contributed by atoms with van der Waals surface area (Å²) in [7, 11) is 0. The number of benzene rings is 1. The predicted octanol–water partition coefficient (Wildman–Crippen LogP) is 3.83. The van der Waals surface area contributed by atoms with Crippen LogP contribution in [0.2, 0.25) is 0 Å². The first kappa shape index (κ1) is 10.4. The Kier molecular flexibility index (Phi) is 4.40. The Morgan fingerprint density at radius 2 is 1.83 bits per heavy atom. The van der Waals surface area contributed by atoms with E-state index in [1.807, 2.05) is 0 Å². The summed E-state index contributed by atoms with van der Waals surface area (Å²) in [6.07, 6.45) is 4.20. The molecule has 0 aliphatic heterocycles. The molecule has 0 nitrogen and oxygen atoms in total. The van der Waals surface area contributed by atoms with Gasteiger partial charge in [0.15, 0.2) is 0 Å². The average molecular weight is 215 g/mol. The van der Waals surface area contributed by atoms with Crippen LogP contribution in [0.1, 0.15) is 5.56 Å². The number of hydrogen-bond donors (Lipinski definition) is 0. The molecule has 65 valence electrons. The van der Waals surface area contributed by atoms with E-state index in [0.29, 0.717) is 5.75 Å². The first-order valence-corrected chi connectivity index (χ1v) is 6.63. The standard InChI is InChI=1S/C9H11S3/c1-11-8-4-3-7(6-10)5-9(8)12-2/h3-5H,6H2,1-2H3. The Labute approximate surface area is 87.9 Å². The fourth-order valence-electron chi connectivity index (χ4n) is 0.970. The van der Waals surface area contributed by atoms with Crippen molar-refractivity contribution in [1.29, 1.82) is 0 Å². The van der Waals surface area contributed by atoms with Crippen molar-refractivity contribution >= 4 is 36.2 Å². The van der Waals surface area contributed by atoms with Crippen LogP contribution < -0.4 is 0 Å². The van der Waals surface area contributed by atoms with E-state index in [1.165, 1.54) is 15.4 Å². The largest absolute Gasteiger partial charge is 0.128 e. The Hall–Kier alpha value is 0.270. The van der Waals surface area contributed by atoms with E-state index < -0.39 is 0 Å². The number of thioether (sulfide) groups is 2. The molecule has 1 radical (unpaired) electrons. The highest BCUT2D eigenvalue weighted by Crippen LogP contribution is 2.29. The lowest BCUT2D eigenvalue weighted by molar-refractivity contribution is 1.21. The summed E-state index contributed by atoms with van der Waals surface area (Å²) in [6, 6.07) is 6.44. The zero-order valence-corrected chi connectivity index (χ0v) is 9.61. The van der Waals surface area contributed by atoms with Crippen LogP contribution in [0.4, 0.5) is 0 Å². The monoisotopic (exact) mass is 215 g/mol. The SMILES string of the molecule is CSc1ccc(C[S])cc1SC. The second-order valence-corrected chi connectivity index (χ2v) is 4.32. The van der Waals surface area contributed by atoms with Gasteiger partial charge in [0.05, 0.1) is 0 Å². The van der Waals surface area contributed by atoms with Gasteiger partial charge in [0.2, 0.25) is 0 Å². The van der Waals surface area contributed by atoms with Gasteiger partial charge < -0.3 is 0 Å². The van der Waals surface area contributed by atoms with Gasteiger partial charge in [0.25, 0.3) is 0 Å². The molecule has 0 aliphatic carbocycles. The summed E-state index contributed by atoms with van der Waals surface area (Å²) in [4.78, 5) is 2.68. The van der Waals surface area contributed by atoms with Gasteiger partial charge in [-0.3, -0.25) is 0 Å².